The SMILES string of the molecule is CCCCOc1ccc(/C(O)=C2\C(=O)C(=O)N(CCCN(C)C)[C@@H]2c2ccncc2)cc1. The summed E-state index contributed by atoms with van der Waals surface area (Å²) < 4.78 is 5.68. The van der Waals surface area contributed by atoms with Gasteiger partial charge in [-0.25, -0.2) is 0 Å². The van der Waals surface area contributed by atoms with Gasteiger partial charge in [0.15, 0.2) is 0 Å². The molecule has 1 aliphatic rings. The van der Waals surface area contributed by atoms with Gasteiger partial charge < -0.3 is 19.6 Å². The van der Waals surface area contributed by atoms with Gasteiger partial charge in [-0.3, -0.25) is 14.6 Å². The summed E-state index contributed by atoms with van der Waals surface area (Å²) in [5.74, 6) is -0.741. The molecule has 0 spiro atoms. The Labute approximate surface area is 189 Å². The zero-order valence-corrected chi connectivity index (χ0v) is 19.0. The Morgan fingerprint density at radius 1 is 1.09 bits per heavy atom. The lowest BCUT2D eigenvalue weighted by molar-refractivity contribution is -0.139. The van der Waals surface area contributed by atoms with E-state index in [-0.39, 0.29) is 11.3 Å². The highest BCUT2D eigenvalue weighted by Gasteiger charge is 2.45. The van der Waals surface area contributed by atoms with Crippen LogP contribution in [0.2, 0.25) is 0 Å². The molecule has 1 aliphatic heterocycles. The van der Waals surface area contributed by atoms with Gasteiger partial charge in [0.05, 0.1) is 18.2 Å². The van der Waals surface area contributed by atoms with E-state index in [1.165, 1.54) is 0 Å². The molecule has 32 heavy (non-hydrogen) atoms. The minimum Gasteiger partial charge on any atom is -0.507 e. The van der Waals surface area contributed by atoms with Gasteiger partial charge >= 0.3 is 0 Å². The third-order valence-electron chi connectivity index (χ3n) is 5.46. The van der Waals surface area contributed by atoms with Crippen molar-refractivity contribution < 1.29 is 19.4 Å². The second-order valence-electron chi connectivity index (χ2n) is 8.16. The number of carbonyl (C=O) groups excluding carboxylic acids is 2. The molecule has 1 aromatic heterocycles. The molecule has 1 aromatic carbocycles. The number of pyridine rings is 1. The van der Waals surface area contributed by atoms with Crippen LogP contribution in [0.4, 0.5) is 0 Å². The minimum atomic E-state index is -0.669. The van der Waals surface area contributed by atoms with Crippen molar-refractivity contribution in [3.8, 4) is 5.75 Å². The standard InChI is InChI=1S/C25H31N3O4/c1-4-5-17-32-20-9-7-19(8-10-20)23(29)21-22(18-11-13-26-14-12-18)28(25(31)24(21)30)16-6-15-27(2)3/h7-14,22,29H,4-6,15-17H2,1-3H3/b23-21+/t22-/m1/s1. The molecule has 0 saturated carbocycles. The molecule has 1 amide bonds. The molecule has 0 unspecified atom stereocenters. The average Bonchev–Trinajstić information content (AvgIpc) is 3.04. The van der Waals surface area contributed by atoms with Crippen molar-refractivity contribution in [3.63, 3.8) is 0 Å². The van der Waals surface area contributed by atoms with Crippen LogP contribution in [0.15, 0.2) is 54.4 Å². The number of hydrogen-bond acceptors (Lipinski definition) is 6. The number of aliphatic hydroxyl groups is 1. The van der Waals surface area contributed by atoms with E-state index >= 15 is 0 Å². The van der Waals surface area contributed by atoms with Crippen molar-refractivity contribution in [2.24, 2.45) is 0 Å². The molecule has 0 bridgehead atoms. The Morgan fingerprint density at radius 3 is 2.41 bits per heavy atom. The zero-order chi connectivity index (χ0) is 23.1. The molecular weight excluding hydrogens is 406 g/mol. The first-order valence-corrected chi connectivity index (χ1v) is 11.0. The number of rotatable bonds is 10. The van der Waals surface area contributed by atoms with Crippen molar-refractivity contribution in [2.45, 2.75) is 32.2 Å². The summed E-state index contributed by atoms with van der Waals surface area (Å²) >= 11 is 0. The van der Waals surface area contributed by atoms with Crippen LogP contribution >= 0.6 is 0 Å². The van der Waals surface area contributed by atoms with Gasteiger partial charge in [-0.2, -0.15) is 0 Å². The smallest absolute Gasteiger partial charge is 0.295 e. The summed E-state index contributed by atoms with van der Waals surface area (Å²) in [5, 5.41) is 11.1. The van der Waals surface area contributed by atoms with Crippen LogP contribution in [0.5, 0.6) is 5.75 Å². The topological polar surface area (TPSA) is 83.0 Å². The van der Waals surface area contributed by atoms with Crippen molar-refractivity contribution in [1.29, 1.82) is 0 Å². The molecule has 1 fully saturated rings. The Bertz CT molecular complexity index is 955. The van der Waals surface area contributed by atoms with Gasteiger partial charge in [0.1, 0.15) is 11.5 Å². The largest absolute Gasteiger partial charge is 0.507 e. The summed E-state index contributed by atoms with van der Waals surface area (Å²) in [6, 6.07) is 9.83. The second kappa shape index (κ2) is 10.9. The maximum Gasteiger partial charge on any atom is 0.295 e. The van der Waals surface area contributed by atoms with Crippen LogP contribution in [0.3, 0.4) is 0 Å². The molecule has 0 radical (unpaired) electrons. The van der Waals surface area contributed by atoms with Gasteiger partial charge in [0, 0.05) is 24.5 Å². The van der Waals surface area contributed by atoms with Crippen molar-refractivity contribution in [2.75, 3.05) is 33.8 Å². The van der Waals surface area contributed by atoms with Gasteiger partial charge in [0.25, 0.3) is 11.7 Å². The predicted octanol–water partition coefficient (Wildman–Crippen LogP) is 3.63. The fraction of sp³-hybridized carbons (Fsp3) is 0.400. The molecule has 2 heterocycles. The predicted molar refractivity (Wildman–Crippen MR) is 123 cm³/mol. The summed E-state index contributed by atoms with van der Waals surface area (Å²) in [6.45, 7) is 3.92. The minimum absolute atomic E-state index is 0.103. The van der Waals surface area contributed by atoms with Crippen LogP contribution in [0.25, 0.3) is 5.76 Å². The number of amides is 1. The van der Waals surface area contributed by atoms with E-state index in [1.54, 1.807) is 53.7 Å². The molecule has 1 saturated heterocycles. The lowest BCUT2D eigenvalue weighted by atomic mass is 9.96. The Balaban J connectivity index is 1.95. The van der Waals surface area contributed by atoms with Crippen LogP contribution in [0.1, 0.15) is 43.4 Å². The maximum absolute atomic E-state index is 13.0. The van der Waals surface area contributed by atoms with Gasteiger partial charge in [-0.15, -0.1) is 0 Å². The molecule has 2 aromatic rings. The van der Waals surface area contributed by atoms with Crippen molar-refractivity contribution in [3.05, 3.63) is 65.5 Å². The number of unbranched alkanes of at least 4 members (excludes halogenated alkanes) is 1. The maximum atomic E-state index is 13.0. The van der Waals surface area contributed by atoms with Crippen molar-refractivity contribution >= 4 is 17.4 Å². The summed E-state index contributed by atoms with van der Waals surface area (Å²) in [6.07, 6.45) is 5.97. The number of likely N-dealkylation sites (tertiary alicyclic amines) is 1. The van der Waals surface area contributed by atoms with Crippen LogP contribution < -0.4 is 4.74 Å². The fourth-order valence-corrected chi connectivity index (χ4v) is 3.76. The van der Waals surface area contributed by atoms with Crippen molar-refractivity contribution in [1.82, 2.24) is 14.8 Å². The van der Waals surface area contributed by atoms with Gasteiger partial charge in [-0.1, -0.05) is 13.3 Å². The van der Waals surface area contributed by atoms with Gasteiger partial charge in [0.2, 0.25) is 0 Å². The van der Waals surface area contributed by atoms with E-state index in [0.717, 1.165) is 24.9 Å². The lowest BCUT2D eigenvalue weighted by Crippen LogP contribution is -2.32. The first-order chi connectivity index (χ1) is 15.4. The number of aromatic nitrogens is 1. The number of Topliss-reactive ketones (excluding diaryl/α,β-unsaturated/α-hetero) is 1. The fourth-order valence-electron chi connectivity index (χ4n) is 3.76. The molecule has 0 aliphatic carbocycles. The zero-order valence-electron chi connectivity index (χ0n) is 19.0. The first-order valence-electron chi connectivity index (χ1n) is 11.0. The van der Waals surface area contributed by atoms with Gasteiger partial charge in [-0.05, 0) is 75.4 Å². The number of ether oxygens (including phenoxy) is 1. The summed E-state index contributed by atoms with van der Waals surface area (Å²) in [5.41, 5.74) is 1.31. The highest BCUT2D eigenvalue weighted by molar-refractivity contribution is 6.46. The number of hydrogen-bond donors (Lipinski definition) is 1. The number of nitrogens with zero attached hydrogens (tertiary/aromatic N) is 3. The highest BCUT2D eigenvalue weighted by atomic mass is 16.5. The van der Waals surface area contributed by atoms with Crippen LogP contribution in [-0.2, 0) is 9.59 Å². The van der Waals surface area contributed by atoms with E-state index in [4.69, 9.17) is 4.74 Å². The molecular formula is C25H31N3O4. The highest BCUT2D eigenvalue weighted by Crippen LogP contribution is 2.39. The number of benzene rings is 1. The van der Waals surface area contributed by atoms with E-state index in [0.29, 0.717) is 30.9 Å². The Kier molecular flexibility index (Phi) is 8.00. The first kappa shape index (κ1) is 23.5. The monoisotopic (exact) mass is 437 g/mol. The quantitative estimate of drug-likeness (QED) is 0.265. The van der Waals surface area contributed by atoms with E-state index in [1.807, 2.05) is 19.0 Å². The third-order valence-corrected chi connectivity index (χ3v) is 5.46. The lowest BCUT2D eigenvalue weighted by Gasteiger charge is -2.25. The van der Waals surface area contributed by atoms with E-state index in [9.17, 15) is 14.7 Å². The average molecular weight is 438 g/mol. The molecule has 7 nitrogen and oxygen atoms in total. The Morgan fingerprint density at radius 2 is 1.78 bits per heavy atom. The van der Waals surface area contributed by atoms with Crippen LogP contribution in [-0.4, -0.2) is 65.4 Å². The Hall–Kier alpha value is -3.19. The molecule has 7 heteroatoms. The normalized spacial score (nSPS) is 17.9. The number of ketones is 1. The van der Waals surface area contributed by atoms with E-state index < -0.39 is 17.7 Å². The summed E-state index contributed by atoms with van der Waals surface area (Å²) in [4.78, 5) is 33.5. The summed E-state index contributed by atoms with van der Waals surface area (Å²) in [7, 11) is 3.92. The third kappa shape index (κ3) is 5.34. The van der Waals surface area contributed by atoms with E-state index in [2.05, 4.69) is 11.9 Å². The second-order valence-corrected chi connectivity index (χ2v) is 8.16. The molecule has 3 rings (SSSR count). The van der Waals surface area contributed by atoms with Crippen LogP contribution in [0, 0.1) is 0 Å². The number of aliphatic hydroxyl groups excluding tert-OH is 1. The molecule has 1 N–H and O–H groups in total. The number of carbonyl (C=O) groups is 2. The molecule has 1 atom stereocenters. The molecule has 170 valence electrons.